The number of carbonyl (C=O) groups excluding carboxylic acids is 2. The molecule has 2 aliphatic heterocycles. The van der Waals surface area contributed by atoms with Gasteiger partial charge >= 0.3 is 0 Å². The summed E-state index contributed by atoms with van der Waals surface area (Å²) in [6.07, 6.45) is 3.14. The van der Waals surface area contributed by atoms with Gasteiger partial charge in [0.1, 0.15) is 5.75 Å². The molecule has 5 nitrogen and oxygen atoms in total. The van der Waals surface area contributed by atoms with Gasteiger partial charge in [-0.1, -0.05) is 42.8 Å². The molecule has 2 fully saturated rings. The van der Waals surface area contributed by atoms with Crippen molar-refractivity contribution in [3.05, 3.63) is 59.7 Å². The number of likely N-dealkylation sites (tertiary alicyclic amines) is 1. The first-order valence-electron chi connectivity index (χ1n) is 11.3. The van der Waals surface area contributed by atoms with Gasteiger partial charge in [-0.3, -0.25) is 9.59 Å². The molecular weight excluding hydrogens is 388 g/mol. The number of piperidine rings is 2. The Kier molecular flexibility index (Phi) is 6.30. The van der Waals surface area contributed by atoms with Crippen LogP contribution in [0.4, 0.5) is 5.69 Å². The molecule has 0 aliphatic carbocycles. The van der Waals surface area contributed by atoms with Crippen LogP contribution in [0.1, 0.15) is 49.8 Å². The number of rotatable bonds is 4. The van der Waals surface area contributed by atoms with Gasteiger partial charge in [0.15, 0.2) is 0 Å². The number of benzene rings is 2. The number of nitrogens with zero attached hydrogens (tertiary/aromatic N) is 2. The Hall–Kier alpha value is -2.82. The van der Waals surface area contributed by atoms with Crippen LogP contribution in [0.2, 0.25) is 0 Å². The molecule has 2 saturated heterocycles. The highest BCUT2D eigenvalue weighted by atomic mass is 16.5. The Morgan fingerprint density at radius 2 is 1.81 bits per heavy atom. The summed E-state index contributed by atoms with van der Waals surface area (Å²) in [7, 11) is 1.64. The summed E-state index contributed by atoms with van der Waals surface area (Å²) in [5.41, 5.74) is 2.86. The third kappa shape index (κ3) is 4.32. The van der Waals surface area contributed by atoms with Gasteiger partial charge in [-0.15, -0.1) is 0 Å². The number of amides is 2. The standard InChI is InChI=1S/C26H32N2O3/c1-18-10-12-20(13-11-18)28-24(29)15-14-22(26(30)27-16-6-7-19(2)17-27)25(28)21-8-4-5-9-23(21)31-3/h4-5,8-13,19,22,25H,6-7,14-17H2,1-3H3. The van der Waals surface area contributed by atoms with E-state index in [1.807, 2.05) is 65.3 Å². The maximum absolute atomic E-state index is 13.8. The molecule has 5 heteroatoms. The molecule has 0 spiro atoms. The molecule has 0 aromatic heterocycles. The summed E-state index contributed by atoms with van der Waals surface area (Å²) < 4.78 is 5.66. The van der Waals surface area contributed by atoms with Gasteiger partial charge < -0.3 is 14.5 Å². The van der Waals surface area contributed by atoms with E-state index < -0.39 is 0 Å². The van der Waals surface area contributed by atoms with Gasteiger partial charge in [0.2, 0.25) is 11.8 Å². The molecule has 2 amide bonds. The predicted molar refractivity (Wildman–Crippen MR) is 122 cm³/mol. The van der Waals surface area contributed by atoms with E-state index in [0.717, 1.165) is 36.3 Å². The molecule has 31 heavy (non-hydrogen) atoms. The van der Waals surface area contributed by atoms with Crippen molar-refractivity contribution in [3.63, 3.8) is 0 Å². The monoisotopic (exact) mass is 420 g/mol. The Balaban J connectivity index is 1.78. The van der Waals surface area contributed by atoms with E-state index in [9.17, 15) is 9.59 Å². The van der Waals surface area contributed by atoms with Gasteiger partial charge in [0.25, 0.3) is 0 Å². The number of anilines is 1. The second-order valence-electron chi connectivity index (χ2n) is 8.96. The minimum absolute atomic E-state index is 0.0517. The van der Waals surface area contributed by atoms with Crippen LogP contribution in [0.3, 0.4) is 0 Å². The number of methoxy groups -OCH3 is 1. The number of carbonyl (C=O) groups is 2. The second-order valence-corrected chi connectivity index (χ2v) is 8.96. The number of hydrogen-bond donors (Lipinski definition) is 0. The molecule has 0 bridgehead atoms. The van der Waals surface area contributed by atoms with Crippen molar-refractivity contribution in [2.45, 2.75) is 45.6 Å². The van der Waals surface area contributed by atoms with E-state index >= 15 is 0 Å². The van der Waals surface area contributed by atoms with Gasteiger partial charge in [0.05, 0.1) is 19.1 Å². The lowest BCUT2D eigenvalue weighted by Gasteiger charge is -2.43. The molecule has 2 aromatic rings. The first-order valence-corrected chi connectivity index (χ1v) is 11.3. The van der Waals surface area contributed by atoms with Crippen molar-refractivity contribution in [2.75, 3.05) is 25.1 Å². The zero-order chi connectivity index (χ0) is 22.0. The van der Waals surface area contributed by atoms with Crippen molar-refractivity contribution in [2.24, 2.45) is 11.8 Å². The molecule has 0 radical (unpaired) electrons. The van der Waals surface area contributed by atoms with Crippen LogP contribution in [0, 0.1) is 18.8 Å². The van der Waals surface area contributed by atoms with E-state index in [2.05, 4.69) is 6.92 Å². The van der Waals surface area contributed by atoms with Gasteiger partial charge in [0, 0.05) is 30.8 Å². The minimum atomic E-state index is -0.384. The smallest absolute Gasteiger partial charge is 0.228 e. The van der Waals surface area contributed by atoms with Crippen LogP contribution < -0.4 is 9.64 Å². The maximum Gasteiger partial charge on any atom is 0.228 e. The summed E-state index contributed by atoms with van der Waals surface area (Å²) in [6, 6.07) is 15.4. The topological polar surface area (TPSA) is 49.9 Å². The quantitative estimate of drug-likeness (QED) is 0.717. The predicted octanol–water partition coefficient (Wildman–Crippen LogP) is 4.75. The molecule has 2 aromatic carbocycles. The summed E-state index contributed by atoms with van der Waals surface area (Å²) in [5, 5.41) is 0. The van der Waals surface area contributed by atoms with Crippen molar-refractivity contribution in [1.82, 2.24) is 4.90 Å². The molecule has 4 rings (SSSR count). The zero-order valence-corrected chi connectivity index (χ0v) is 18.7. The van der Waals surface area contributed by atoms with E-state index in [1.54, 1.807) is 7.11 Å². The molecule has 0 N–H and O–H groups in total. The summed E-state index contributed by atoms with van der Waals surface area (Å²) in [6.45, 7) is 5.84. The second kappa shape index (κ2) is 9.13. The van der Waals surface area contributed by atoms with Crippen LogP contribution in [-0.4, -0.2) is 36.9 Å². The van der Waals surface area contributed by atoms with E-state index in [-0.39, 0.29) is 23.8 Å². The largest absolute Gasteiger partial charge is 0.496 e. The summed E-state index contributed by atoms with van der Waals surface area (Å²) in [4.78, 5) is 30.8. The third-order valence-electron chi connectivity index (χ3n) is 6.65. The van der Waals surface area contributed by atoms with Crippen LogP contribution in [0.15, 0.2) is 48.5 Å². The van der Waals surface area contributed by atoms with Crippen molar-refractivity contribution in [1.29, 1.82) is 0 Å². The molecular formula is C26H32N2O3. The van der Waals surface area contributed by atoms with Crippen molar-refractivity contribution >= 4 is 17.5 Å². The first kappa shape index (κ1) is 21.4. The van der Waals surface area contributed by atoms with Crippen molar-refractivity contribution in [3.8, 4) is 5.75 Å². The lowest BCUT2D eigenvalue weighted by molar-refractivity contribution is -0.140. The Morgan fingerprint density at radius 3 is 2.52 bits per heavy atom. The first-order chi connectivity index (χ1) is 15.0. The minimum Gasteiger partial charge on any atom is -0.496 e. The highest BCUT2D eigenvalue weighted by Gasteiger charge is 2.44. The number of ether oxygens (including phenoxy) is 1. The van der Waals surface area contributed by atoms with Gasteiger partial charge in [-0.05, 0) is 50.3 Å². The summed E-state index contributed by atoms with van der Waals surface area (Å²) in [5.74, 6) is 1.15. The molecule has 164 valence electrons. The fourth-order valence-corrected chi connectivity index (χ4v) is 5.05. The number of aryl methyl sites for hydroxylation is 1. The Labute approximate surface area is 185 Å². The molecule has 2 heterocycles. The lowest BCUT2D eigenvalue weighted by Crippen LogP contribution is -2.51. The van der Waals surface area contributed by atoms with E-state index in [0.29, 0.717) is 24.5 Å². The Bertz CT molecular complexity index is 940. The van der Waals surface area contributed by atoms with Gasteiger partial charge in [-0.2, -0.15) is 0 Å². The molecule has 2 aliphatic rings. The zero-order valence-electron chi connectivity index (χ0n) is 18.7. The maximum atomic E-state index is 13.8. The molecule has 0 saturated carbocycles. The van der Waals surface area contributed by atoms with E-state index in [4.69, 9.17) is 4.74 Å². The van der Waals surface area contributed by atoms with Crippen molar-refractivity contribution < 1.29 is 14.3 Å². The normalized spacial score (nSPS) is 24.2. The molecule has 3 atom stereocenters. The van der Waals surface area contributed by atoms with Crippen LogP contribution in [0.25, 0.3) is 0 Å². The van der Waals surface area contributed by atoms with E-state index in [1.165, 1.54) is 6.42 Å². The van der Waals surface area contributed by atoms with Crippen LogP contribution in [-0.2, 0) is 9.59 Å². The van der Waals surface area contributed by atoms with Gasteiger partial charge in [-0.25, -0.2) is 0 Å². The van der Waals surface area contributed by atoms with Crippen LogP contribution in [0.5, 0.6) is 5.75 Å². The Morgan fingerprint density at radius 1 is 1.06 bits per heavy atom. The number of hydrogen-bond acceptors (Lipinski definition) is 3. The summed E-state index contributed by atoms with van der Waals surface area (Å²) >= 11 is 0. The average molecular weight is 421 g/mol. The van der Waals surface area contributed by atoms with Crippen LogP contribution >= 0.6 is 0 Å². The lowest BCUT2D eigenvalue weighted by atomic mass is 9.82. The number of para-hydroxylation sites is 1. The highest BCUT2D eigenvalue weighted by molar-refractivity contribution is 5.97. The fourth-order valence-electron chi connectivity index (χ4n) is 5.05. The fraction of sp³-hybridized carbons (Fsp3) is 0.462. The average Bonchev–Trinajstić information content (AvgIpc) is 2.79. The molecule has 3 unspecified atom stereocenters. The SMILES string of the molecule is COc1ccccc1C1C(C(=O)N2CCCC(C)C2)CCC(=O)N1c1ccc(C)cc1. The highest BCUT2D eigenvalue weighted by Crippen LogP contribution is 2.44. The third-order valence-corrected chi connectivity index (χ3v) is 6.65.